The van der Waals surface area contributed by atoms with Gasteiger partial charge in [0.2, 0.25) is 5.91 Å². The van der Waals surface area contributed by atoms with Crippen molar-refractivity contribution in [3.05, 3.63) is 124 Å². The summed E-state index contributed by atoms with van der Waals surface area (Å²) in [6, 6.07) is 25.5. The van der Waals surface area contributed by atoms with E-state index in [2.05, 4.69) is 10.6 Å². The van der Waals surface area contributed by atoms with Gasteiger partial charge in [0.25, 0.3) is 5.91 Å². The molecular weight excluding hydrogens is 591 g/mol. The summed E-state index contributed by atoms with van der Waals surface area (Å²) in [5.74, 6) is -1.61. The molecule has 6 nitrogen and oxygen atoms in total. The molecule has 0 spiro atoms. The van der Waals surface area contributed by atoms with Crippen molar-refractivity contribution in [3.63, 3.8) is 0 Å². The Kier molecular flexibility index (Phi) is 8.86. The molecule has 0 bridgehead atoms. The largest absolute Gasteiger partial charge is 0.416 e. The molecule has 1 saturated carbocycles. The van der Waals surface area contributed by atoms with E-state index in [9.17, 15) is 27.9 Å². The van der Waals surface area contributed by atoms with Crippen LogP contribution in [-0.2, 0) is 24.0 Å². The first-order valence-corrected chi connectivity index (χ1v) is 15.6. The highest BCUT2D eigenvalue weighted by Crippen LogP contribution is 2.44. The molecule has 6 rings (SSSR count). The molecule has 4 aromatic rings. The van der Waals surface area contributed by atoms with Crippen LogP contribution >= 0.6 is 0 Å². The minimum absolute atomic E-state index is 0.0416. The number of hydrogen-bond acceptors (Lipinski definition) is 4. The van der Waals surface area contributed by atoms with Gasteiger partial charge >= 0.3 is 6.18 Å². The Morgan fingerprint density at radius 3 is 2.26 bits per heavy atom. The Morgan fingerprint density at radius 2 is 1.57 bits per heavy atom. The predicted molar refractivity (Wildman–Crippen MR) is 173 cm³/mol. The molecule has 0 aromatic heterocycles. The molecule has 1 aliphatic heterocycles. The maximum absolute atomic E-state index is 14.4. The third-order valence-corrected chi connectivity index (χ3v) is 9.11. The maximum Gasteiger partial charge on any atom is 0.416 e. The minimum Gasteiger partial charge on any atom is -0.392 e. The second-order valence-electron chi connectivity index (χ2n) is 12.1. The highest BCUT2D eigenvalue weighted by atomic mass is 19.4. The van der Waals surface area contributed by atoms with Crippen molar-refractivity contribution < 1.29 is 27.9 Å². The number of amides is 2. The lowest BCUT2D eigenvalue weighted by Gasteiger charge is -2.42. The molecular formula is C37H36F3N3O3. The molecule has 9 heteroatoms. The predicted octanol–water partition coefficient (Wildman–Crippen LogP) is 8.06. The number of anilines is 3. The second-order valence-corrected chi connectivity index (χ2v) is 12.1. The number of nitrogens with one attached hydrogen (secondary N) is 2. The van der Waals surface area contributed by atoms with Crippen molar-refractivity contribution in [1.82, 2.24) is 0 Å². The van der Waals surface area contributed by atoms with Gasteiger partial charge in [-0.1, -0.05) is 67.4 Å². The topological polar surface area (TPSA) is 81.7 Å². The summed E-state index contributed by atoms with van der Waals surface area (Å²) in [5, 5.41) is 15.8. The van der Waals surface area contributed by atoms with Crippen molar-refractivity contribution in [2.24, 2.45) is 5.92 Å². The van der Waals surface area contributed by atoms with E-state index in [0.717, 1.165) is 47.4 Å². The first kappa shape index (κ1) is 31.4. The van der Waals surface area contributed by atoms with Crippen LogP contribution in [0.1, 0.15) is 69.9 Å². The van der Waals surface area contributed by atoms with Crippen molar-refractivity contribution in [1.29, 1.82) is 0 Å². The molecule has 2 aliphatic rings. The quantitative estimate of drug-likeness (QED) is 0.194. The van der Waals surface area contributed by atoms with E-state index in [-0.39, 0.29) is 23.6 Å². The number of aryl methyl sites for hydroxylation is 1. The lowest BCUT2D eigenvalue weighted by atomic mass is 9.80. The number of aliphatic hydroxyl groups is 1. The Hall–Kier alpha value is -4.63. The Bertz CT molecular complexity index is 1730. The van der Waals surface area contributed by atoms with E-state index >= 15 is 0 Å². The van der Waals surface area contributed by atoms with E-state index in [0.29, 0.717) is 17.3 Å². The molecule has 2 atom stereocenters. The van der Waals surface area contributed by atoms with Crippen LogP contribution in [0.25, 0.3) is 0 Å². The van der Waals surface area contributed by atoms with Crippen LogP contribution < -0.4 is 15.5 Å². The Morgan fingerprint density at radius 1 is 0.891 bits per heavy atom. The summed E-state index contributed by atoms with van der Waals surface area (Å²) < 4.78 is 41.3. The monoisotopic (exact) mass is 627 g/mol. The summed E-state index contributed by atoms with van der Waals surface area (Å²) in [6.07, 6.45) is 0.159. The van der Waals surface area contributed by atoms with Crippen LogP contribution in [0.15, 0.2) is 91.0 Å². The lowest BCUT2D eigenvalue weighted by Crippen LogP contribution is -2.47. The first-order chi connectivity index (χ1) is 22.1. The van der Waals surface area contributed by atoms with Crippen LogP contribution in [0.4, 0.5) is 30.2 Å². The average molecular weight is 628 g/mol. The van der Waals surface area contributed by atoms with Crippen LogP contribution in [0.5, 0.6) is 0 Å². The fraction of sp³-hybridized carbons (Fsp3) is 0.297. The van der Waals surface area contributed by atoms with Gasteiger partial charge in [0.05, 0.1) is 24.1 Å². The van der Waals surface area contributed by atoms with E-state index in [4.69, 9.17) is 0 Å². The van der Waals surface area contributed by atoms with Crippen molar-refractivity contribution >= 4 is 28.9 Å². The molecule has 46 heavy (non-hydrogen) atoms. The van der Waals surface area contributed by atoms with Gasteiger partial charge in [-0.25, -0.2) is 0 Å². The molecule has 0 saturated heterocycles. The number of hydrogen-bond donors (Lipinski definition) is 3. The molecule has 0 unspecified atom stereocenters. The molecule has 2 amide bonds. The zero-order chi connectivity index (χ0) is 32.4. The number of fused-ring (bicyclic) bond motifs is 1. The summed E-state index contributed by atoms with van der Waals surface area (Å²) in [4.78, 5) is 30.3. The first-order valence-electron chi connectivity index (χ1n) is 15.6. The number of carbonyl (C=O) groups excluding carboxylic acids is 2. The summed E-state index contributed by atoms with van der Waals surface area (Å²) in [7, 11) is 0. The number of aliphatic hydroxyl groups excluding tert-OH is 1. The molecule has 4 aromatic carbocycles. The fourth-order valence-electron chi connectivity index (χ4n) is 6.77. The van der Waals surface area contributed by atoms with Crippen LogP contribution in [-0.4, -0.2) is 23.0 Å². The van der Waals surface area contributed by atoms with Gasteiger partial charge in [0.1, 0.15) is 0 Å². The number of alkyl halides is 3. The van der Waals surface area contributed by atoms with Gasteiger partial charge in [0.15, 0.2) is 0 Å². The number of carbonyl (C=O) groups is 2. The third kappa shape index (κ3) is 6.37. The van der Waals surface area contributed by atoms with E-state index in [1.54, 1.807) is 17.0 Å². The summed E-state index contributed by atoms with van der Waals surface area (Å²) >= 11 is 0. The highest BCUT2D eigenvalue weighted by molar-refractivity contribution is 6.09. The van der Waals surface area contributed by atoms with Crippen molar-refractivity contribution in [3.8, 4) is 0 Å². The van der Waals surface area contributed by atoms with Crippen molar-refractivity contribution in [2.45, 2.75) is 63.9 Å². The van der Waals surface area contributed by atoms with Gasteiger partial charge < -0.3 is 15.7 Å². The number of rotatable bonds is 7. The standard InChI is InChI=1S/C37H36F3N3O3/c1-23-8-2-6-12-30(23)36(46)43-33-13-7-3-9-25(33)20-31(34(43)24-14-17-28(18-15-24)41-27-10-4-5-11-27)35(45)42-29-19-16-26(22-44)32(21-29)37(38,39)40/h2-3,6-9,12-19,21,27,31,34,41,44H,4-5,10-11,20,22H2,1H3,(H,42,45)/t31-,34-/m0/s1. The number of para-hydroxylation sites is 1. The molecule has 1 aliphatic carbocycles. The SMILES string of the molecule is Cc1ccccc1C(=O)N1c2ccccc2C[C@H](C(=O)Nc2ccc(CO)c(C(F)(F)F)c2)[C@@H]1c1ccc(NC2CCCC2)cc1. The number of nitrogens with zero attached hydrogens (tertiary/aromatic N) is 1. The van der Waals surface area contributed by atoms with E-state index < -0.39 is 36.2 Å². The molecule has 1 fully saturated rings. The maximum atomic E-state index is 14.4. The molecule has 1 heterocycles. The summed E-state index contributed by atoms with van der Waals surface area (Å²) in [6.45, 7) is 1.08. The van der Waals surface area contributed by atoms with Gasteiger partial charge in [0, 0.05) is 28.7 Å². The Labute approximate surface area is 266 Å². The van der Waals surface area contributed by atoms with E-state index in [1.165, 1.54) is 18.9 Å². The van der Waals surface area contributed by atoms with Gasteiger partial charge in [-0.05, 0) is 84.8 Å². The molecule has 3 N–H and O–H groups in total. The van der Waals surface area contributed by atoms with E-state index in [1.807, 2.05) is 67.6 Å². The number of benzene rings is 4. The zero-order valence-electron chi connectivity index (χ0n) is 25.5. The van der Waals surface area contributed by atoms with Crippen molar-refractivity contribution in [2.75, 3.05) is 15.5 Å². The zero-order valence-corrected chi connectivity index (χ0v) is 25.5. The number of halogens is 3. The summed E-state index contributed by atoms with van der Waals surface area (Å²) in [5.41, 5.74) is 3.11. The average Bonchev–Trinajstić information content (AvgIpc) is 3.57. The van der Waals surface area contributed by atoms with Gasteiger partial charge in [-0.15, -0.1) is 0 Å². The smallest absolute Gasteiger partial charge is 0.392 e. The van der Waals surface area contributed by atoms with Crippen LogP contribution in [0.2, 0.25) is 0 Å². The fourth-order valence-corrected chi connectivity index (χ4v) is 6.77. The molecule has 238 valence electrons. The lowest BCUT2D eigenvalue weighted by molar-refractivity contribution is -0.138. The van der Waals surface area contributed by atoms with Crippen LogP contribution in [0.3, 0.4) is 0 Å². The van der Waals surface area contributed by atoms with Gasteiger partial charge in [-0.3, -0.25) is 14.5 Å². The third-order valence-electron chi connectivity index (χ3n) is 9.11. The normalized spacial score (nSPS) is 18.2. The second kappa shape index (κ2) is 13.0. The Balaban J connectivity index is 1.42. The highest BCUT2D eigenvalue weighted by Gasteiger charge is 2.43. The molecule has 0 radical (unpaired) electrons. The minimum atomic E-state index is -4.71. The van der Waals surface area contributed by atoms with Crippen LogP contribution in [0, 0.1) is 12.8 Å². The van der Waals surface area contributed by atoms with Gasteiger partial charge in [-0.2, -0.15) is 13.2 Å².